The molecule has 0 amide bonds. The zero-order valence-corrected chi connectivity index (χ0v) is 31.3. The molecule has 0 bridgehead atoms. The zero-order valence-electron chi connectivity index (χ0n) is 31.3. The fourth-order valence-electron chi connectivity index (χ4n) is 11.8. The van der Waals surface area contributed by atoms with Crippen LogP contribution in [-0.4, -0.2) is 0 Å². The molecular formula is C58H30. The molecule has 0 nitrogen and oxygen atoms in total. The van der Waals surface area contributed by atoms with E-state index in [2.05, 4.69) is 182 Å². The van der Waals surface area contributed by atoms with Gasteiger partial charge >= 0.3 is 0 Å². The topological polar surface area (TPSA) is 0 Å². The maximum absolute atomic E-state index is 2.53. The molecule has 0 N–H and O–H groups in total. The lowest BCUT2D eigenvalue weighted by Gasteiger charge is -2.17. The van der Waals surface area contributed by atoms with Gasteiger partial charge in [-0.3, -0.25) is 0 Å². The second kappa shape index (κ2) is 10.2. The molecular weight excluding hydrogens is 697 g/mol. The van der Waals surface area contributed by atoms with E-state index in [1.54, 1.807) is 0 Å². The Morgan fingerprint density at radius 2 is 0.586 bits per heavy atom. The van der Waals surface area contributed by atoms with Crippen molar-refractivity contribution in [2.24, 2.45) is 0 Å². The highest BCUT2D eigenvalue weighted by molar-refractivity contribution is 6.47. The van der Waals surface area contributed by atoms with Crippen LogP contribution in [0.1, 0.15) is 0 Å². The molecule has 0 radical (unpaired) electrons. The van der Waals surface area contributed by atoms with E-state index in [1.165, 1.54) is 152 Å². The first-order valence-corrected chi connectivity index (χ1v) is 20.4. The summed E-state index contributed by atoms with van der Waals surface area (Å²) in [5.41, 5.74) is 10.5. The molecule has 262 valence electrons. The fraction of sp³-hybridized carbons (Fsp3) is 0. The third-order valence-electron chi connectivity index (χ3n) is 14.0. The average Bonchev–Trinajstić information content (AvgIpc) is 3.91. The number of hydrogen-bond acceptors (Lipinski definition) is 0. The van der Waals surface area contributed by atoms with E-state index < -0.39 is 0 Å². The Hall–Kier alpha value is -7.54. The van der Waals surface area contributed by atoms with Gasteiger partial charge in [-0.1, -0.05) is 170 Å². The lowest BCUT2D eigenvalue weighted by atomic mass is 9.85. The van der Waals surface area contributed by atoms with Crippen LogP contribution in [0.4, 0.5) is 0 Å². The standard InChI is InChI=1S/C58H30/c1-3-11-32(12-4-1)51-48-29-46-36-19-9-15-31-16-10-20-37(50(31)36)47(46)30-49(48)52(33-13-5-2-6-14-33)58-45-28-26-43-41-24-22-39-35-18-8-7-17-34(35)38-21-23-40(54(41)53(38)39)42-25-27-44(57(51)58)56(45)55(42)43/h1-30H. The van der Waals surface area contributed by atoms with Gasteiger partial charge in [0.2, 0.25) is 0 Å². The molecule has 0 saturated carbocycles. The Bertz CT molecular complexity index is 3840. The van der Waals surface area contributed by atoms with Crippen molar-refractivity contribution in [2.75, 3.05) is 0 Å². The van der Waals surface area contributed by atoms with Gasteiger partial charge in [0.15, 0.2) is 0 Å². The summed E-state index contributed by atoms with van der Waals surface area (Å²) >= 11 is 0. The van der Waals surface area contributed by atoms with Gasteiger partial charge in [0, 0.05) is 0 Å². The molecule has 0 fully saturated rings. The zero-order chi connectivity index (χ0) is 37.4. The highest BCUT2D eigenvalue weighted by Crippen LogP contribution is 2.57. The molecule has 0 aliphatic heterocycles. The van der Waals surface area contributed by atoms with Gasteiger partial charge in [-0.25, -0.2) is 0 Å². The van der Waals surface area contributed by atoms with Crippen LogP contribution in [0.2, 0.25) is 0 Å². The molecule has 0 heteroatoms. The molecule has 14 aromatic rings. The Kier molecular flexibility index (Phi) is 5.25. The Morgan fingerprint density at radius 1 is 0.190 bits per heavy atom. The maximum Gasteiger partial charge on any atom is -0.000740 e. The van der Waals surface area contributed by atoms with Crippen LogP contribution in [0.25, 0.3) is 152 Å². The molecule has 15 rings (SSSR count). The average molecular weight is 727 g/mol. The van der Waals surface area contributed by atoms with E-state index in [0.29, 0.717) is 0 Å². The summed E-state index contributed by atoms with van der Waals surface area (Å²) in [6, 6.07) is 69.3. The Balaban J connectivity index is 1.19. The first-order valence-electron chi connectivity index (χ1n) is 20.4. The number of hydrogen-bond donors (Lipinski definition) is 0. The van der Waals surface area contributed by atoms with Gasteiger partial charge < -0.3 is 0 Å². The van der Waals surface area contributed by atoms with Crippen LogP contribution in [0.5, 0.6) is 0 Å². The van der Waals surface area contributed by atoms with Gasteiger partial charge in [-0.2, -0.15) is 0 Å². The monoisotopic (exact) mass is 726 g/mol. The van der Waals surface area contributed by atoms with E-state index in [9.17, 15) is 0 Å². The third kappa shape index (κ3) is 3.39. The molecule has 14 aromatic carbocycles. The SMILES string of the molecule is c1ccc(-c2c3cc4c(cc3c(-c3ccccc3)c3c5ccc6c7ccc8c9c(ccc(c%10ccc(c23)c5c%106)c97)-c2ccccc2-8)c2cccc3cccc4c32)cc1. The van der Waals surface area contributed by atoms with Crippen LogP contribution >= 0.6 is 0 Å². The summed E-state index contributed by atoms with van der Waals surface area (Å²) in [5.74, 6) is 0. The van der Waals surface area contributed by atoms with Crippen molar-refractivity contribution in [3.8, 4) is 44.5 Å². The summed E-state index contributed by atoms with van der Waals surface area (Å²) < 4.78 is 0. The second-order valence-corrected chi connectivity index (χ2v) is 16.6. The van der Waals surface area contributed by atoms with Crippen molar-refractivity contribution in [3.05, 3.63) is 182 Å². The van der Waals surface area contributed by atoms with Crippen LogP contribution in [-0.2, 0) is 0 Å². The van der Waals surface area contributed by atoms with Crippen LogP contribution < -0.4 is 0 Å². The minimum absolute atomic E-state index is 1.25. The fourth-order valence-corrected chi connectivity index (χ4v) is 11.8. The summed E-state index contributed by atoms with van der Waals surface area (Å²) in [5, 5.41) is 26.9. The molecule has 0 heterocycles. The normalized spacial score (nSPS) is 12.8. The lowest BCUT2D eigenvalue weighted by molar-refractivity contribution is 1.68. The highest BCUT2D eigenvalue weighted by atomic mass is 14.3. The van der Waals surface area contributed by atoms with E-state index in [0.717, 1.165) is 0 Å². The molecule has 0 atom stereocenters. The minimum Gasteiger partial charge on any atom is -0.0622 e. The van der Waals surface area contributed by atoms with Gasteiger partial charge in [0.1, 0.15) is 0 Å². The Morgan fingerprint density at radius 3 is 1.09 bits per heavy atom. The van der Waals surface area contributed by atoms with Crippen LogP contribution in [0.15, 0.2) is 182 Å². The summed E-state index contributed by atoms with van der Waals surface area (Å²) in [6.45, 7) is 0. The third-order valence-corrected chi connectivity index (χ3v) is 14.0. The first-order chi connectivity index (χ1) is 28.8. The number of fused-ring (bicyclic) bond motifs is 12. The molecule has 0 spiro atoms. The van der Waals surface area contributed by atoms with Crippen molar-refractivity contribution in [3.63, 3.8) is 0 Å². The first kappa shape index (κ1) is 29.7. The number of rotatable bonds is 2. The lowest BCUT2D eigenvalue weighted by Crippen LogP contribution is -1.89. The largest absolute Gasteiger partial charge is 0.0622 e. The van der Waals surface area contributed by atoms with Crippen LogP contribution in [0.3, 0.4) is 0 Å². The van der Waals surface area contributed by atoms with Crippen molar-refractivity contribution >= 4 is 108 Å². The number of benzene rings is 12. The summed E-state index contributed by atoms with van der Waals surface area (Å²) in [6.07, 6.45) is 0. The quantitative estimate of drug-likeness (QED) is 0.123. The van der Waals surface area contributed by atoms with Gasteiger partial charge in [-0.05, 0) is 164 Å². The maximum atomic E-state index is 2.53. The van der Waals surface area contributed by atoms with Gasteiger partial charge in [0.25, 0.3) is 0 Å². The van der Waals surface area contributed by atoms with Crippen molar-refractivity contribution in [1.82, 2.24) is 0 Å². The smallest absolute Gasteiger partial charge is 0.000740 e. The molecule has 0 saturated heterocycles. The van der Waals surface area contributed by atoms with E-state index >= 15 is 0 Å². The molecule has 0 aromatic heterocycles. The van der Waals surface area contributed by atoms with Crippen molar-refractivity contribution in [2.45, 2.75) is 0 Å². The van der Waals surface area contributed by atoms with E-state index in [-0.39, 0.29) is 0 Å². The Labute approximate surface area is 332 Å². The molecule has 1 aliphatic carbocycles. The molecule has 0 unspecified atom stereocenters. The molecule has 58 heavy (non-hydrogen) atoms. The predicted octanol–water partition coefficient (Wildman–Crippen LogP) is 16.5. The van der Waals surface area contributed by atoms with Crippen LogP contribution in [0, 0.1) is 0 Å². The minimum atomic E-state index is 1.25. The van der Waals surface area contributed by atoms with Crippen molar-refractivity contribution in [1.29, 1.82) is 0 Å². The van der Waals surface area contributed by atoms with Gasteiger partial charge in [-0.15, -0.1) is 0 Å². The predicted molar refractivity (Wildman–Crippen MR) is 250 cm³/mol. The highest BCUT2D eigenvalue weighted by Gasteiger charge is 2.29. The van der Waals surface area contributed by atoms with Crippen molar-refractivity contribution < 1.29 is 0 Å². The second-order valence-electron chi connectivity index (χ2n) is 16.6. The molecule has 1 aliphatic rings. The summed E-state index contributed by atoms with van der Waals surface area (Å²) in [4.78, 5) is 0. The van der Waals surface area contributed by atoms with Gasteiger partial charge in [0.05, 0.1) is 0 Å². The van der Waals surface area contributed by atoms with E-state index in [1.807, 2.05) is 0 Å². The van der Waals surface area contributed by atoms with E-state index in [4.69, 9.17) is 0 Å². The summed E-state index contributed by atoms with van der Waals surface area (Å²) in [7, 11) is 0.